The Bertz CT molecular complexity index is 2090. The van der Waals surface area contributed by atoms with Gasteiger partial charge in [0.1, 0.15) is 11.8 Å². The van der Waals surface area contributed by atoms with Gasteiger partial charge in [0.15, 0.2) is 0 Å². The lowest BCUT2D eigenvalue weighted by atomic mass is 9.98. The molecule has 1 heterocycles. The number of aliphatic hydroxyl groups excluding tert-OH is 1. The molecule has 1 aromatic heterocycles. The van der Waals surface area contributed by atoms with Gasteiger partial charge in [-0.2, -0.15) is 4.31 Å². The Morgan fingerprint density at radius 3 is 2.34 bits per heavy atom. The van der Waals surface area contributed by atoms with Gasteiger partial charge in [-0.05, 0) is 48.1 Å². The van der Waals surface area contributed by atoms with E-state index in [-0.39, 0.29) is 58.0 Å². The minimum Gasteiger partial charge on any atom is -0.496 e. The Morgan fingerprint density at radius 2 is 1.75 bits per heavy atom. The summed E-state index contributed by atoms with van der Waals surface area (Å²) in [4.78, 5) is 38.7. The minimum absolute atomic E-state index is 0.0418. The number of hydrogen-bond acceptors (Lipinski definition) is 10. The van der Waals surface area contributed by atoms with Gasteiger partial charge in [-0.25, -0.2) is 13.2 Å². The number of nitrogen functional groups attached to an aromatic ring is 1. The highest BCUT2D eigenvalue weighted by Crippen LogP contribution is 2.28. The van der Waals surface area contributed by atoms with Crippen LogP contribution in [0.3, 0.4) is 0 Å². The van der Waals surface area contributed by atoms with Gasteiger partial charge in [0, 0.05) is 30.8 Å². The van der Waals surface area contributed by atoms with E-state index in [4.69, 9.17) is 22.1 Å². The molecular formula is C36H45ClN6O9S. The van der Waals surface area contributed by atoms with Crippen LogP contribution >= 0.6 is 11.6 Å². The molecule has 53 heavy (non-hydrogen) atoms. The lowest BCUT2D eigenvalue weighted by molar-refractivity contribution is -0.384. The second-order valence-electron chi connectivity index (χ2n) is 13.5. The number of anilines is 1. The number of nitro benzene ring substituents is 1. The van der Waals surface area contributed by atoms with Crippen LogP contribution in [0.15, 0.2) is 82.6 Å². The van der Waals surface area contributed by atoms with Crippen LogP contribution in [0.1, 0.15) is 44.9 Å². The van der Waals surface area contributed by atoms with E-state index < -0.39 is 63.1 Å². The number of nitrogens with zero attached hydrogens (tertiary/aromatic N) is 4. The van der Waals surface area contributed by atoms with E-state index in [1.807, 2.05) is 19.9 Å². The van der Waals surface area contributed by atoms with Gasteiger partial charge in [0.25, 0.3) is 5.69 Å². The first kappa shape index (κ1) is 40.9. The molecule has 0 bridgehead atoms. The monoisotopic (exact) mass is 772 g/mol. The van der Waals surface area contributed by atoms with E-state index in [1.165, 1.54) is 43.5 Å². The molecule has 0 radical (unpaired) electrons. The fourth-order valence-corrected chi connectivity index (χ4v) is 7.80. The summed E-state index contributed by atoms with van der Waals surface area (Å²) in [5.74, 6) is -1.58. The Kier molecular flexibility index (Phi) is 13.3. The number of non-ortho nitro benzene ring substituents is 1. The van der Waals surface area contributed by atoms with Crippen molar-refractivity contribution in [2.75, 3.05) is 25.9 Å². The molecular weight excluding hydrogens is 728 g/mol. The molecule has 1 amide bonds. The van der Waals surface area contributed by atoms with Crippen LogP contribution in [0.5, 0.6) is 11.6 Å². The number of imidazole rings is 1. The van der Waals surface area contributed by atoms with Crippen LogP contribution in [0.25, 0.3) is 0 Å². The van der Waals surface area contributed by atoms with Crippen LogP contribution in [-0.4, -0.2) is 75.2 Å². The number of sulfonamides is 1. The summed E-state index contributed by atoms with van der Waals surface area (Å²) >= 11 is 6.04. The number of carbonyl (C=O) groups excluding carboxylic acids is 1. The number of hydrogen-bond donors (Lipinski definition) is 4. The molecule has 0 unspecified atom stereocenters. The fraction of sp³-hybridized carbons (Fsp3) is 0.389. The van der Waals surface area contributed by atoms with Gasteiger partial charge in [-0.3, -0.25) is 24.0 Å². The number of aromatic hydroxyl groups is 1. The van der Waals surface area contributed by atoms with Crippen LogP contribution in [-0.2, 0) is 27.8 Å². The molecule has 0 saturated heterocycles. The van der Waals surface area contributed by atoms with Crippen LogP contribution in [0.4, 0.5) is 11.4 Å². The molecule has 4 aromatic rings. The first-order valence-corrected chi connectivity index (χ1v) is 18.7. The predicted octanol–water partition coefficient (Wildman–Crippen LogP) is 4.19. The average Bonchev–Trinajstić information content (AvgIpc) is 3.36. The summed E-state index contributed by atoms with van der Waals surface area (Å²) in [6.07, 6.45) is -0.218. The van der Waals surface area contributed by atoms with E-state index in [1.54, 1.807) is 38.1 Å². The molecule has 17 heteroatoms. The number of ether oxygens (including phenoxy) is 1. The predicted molar refractivity (Wildman–Crippen MR) is 201 cm³/mol. The smallest absolute Gasteiger partial charge is 0.332 e. The van der Waals surface area contributed by atoms with Crippen LogP contribution in [0.2, 0.25) is 5.02 Å². The number of methoxy groups -OCH3 is 1. The third-order valence-corrected chi connectivity index (χ3v) is 10.8. The number of carbonyl (C=O) groups is 1. The Morgan fingerprint density at radius 1 is 1.08 bits per heavy atom. The number of rotatable bonds is 17. The Balaban J connectivity index is 1.68. The molecule has 286 valence electrons. The Hall–Kier alpha value is -4.90. The maximum absolute atomic E-state index is 14.2. The molecule has 0 aliphatic rings. The number of benzene rings is 3. The normalized spacial score (nSPS) is 13.6. The van der Waals surface area contributed by atoms with Gasteiger partial charge in [-0.15, -0.1) is 0 Å². The largest absolute Gasteiger partial charge is 0.496 e. The van der Waals surface area contributed by atoms with E-state index >= 15 is 0 Å². The number of aromatic nitrogens is 2. The zero-order valence-electron chi connectivity index (χ0n) is 30.0. The quantitative estimate of drug-likeness (QED) is 0.0683. The van der Waals surface area contributed by atoms with E-state index in [0.717, 1.165) is 25.2 Å². The van der Waals surface area contributed by atoms with Crippen molar-refractivity contribution in [1.82, 2.24) is 18.8 Å². The maximum atomic E-state index is 14.2. The second-order valence-corrected chi connectivity index (χ2v) is 15.8. The SMILES string of the molecule is COc1ccc([N+](=O)[O-])cc1Cn1c(O)cn([C@H](C(=O)N[C@@H](Cc2ccccc2)[C@H](O)CN(CC(C)C)S(=O)(=O)c2ccc(Cl)c(N)c2)C(C)C)c1=O. The number of amides is 1. The molecule has 3 atom stereocenters. The molecule has 0 fully saturated rings. The van der Waals surface area contributed by atoms with Crippen molar-refractivity contribution in [2.24, 2.45) is 11.8 Å². The number of nitrogens with one attached hydrogen (secondary N) is 1. The molecule has 0 spiro atoms. The molecule has 3 aromatic carbocycles. The lowest BCUT2D eigenvalue weighted by Gasteiger charge is -2.32. The number of halogens is 1. The second kappa shape index (κ2) is 17.3. The van der Waals surface area contributed by atoms with Crippen molar-refractivity contribution < 1.29 is 33.1 Å². The summed E-state index contributed by atoms with van der Waals surface area (Å²) < 4.78 is 36.2. The zero-order chi connectivity index (χ0) is 39.2. The third-order valence-electron chi connectivity index (χ3n) is 8.64. The summed E-state index contributed by atoms with van der Waals surface area (Å²) in [7, 11) is -2.82. The van der Waals surface area contributed by atoms with E-state index in [9.17, 15) is 38.3 Å². The van der Waals surface area contributed by atoms with Gasteiger partial charge in [-0.1, -0.05) is 69.6 Å². The molecule has 5 N–H and O–H groups in total. The first-order chi connectivity index (χ1) is 24.9. The summed E-state index contributed by atoms with van der Waals surface area (Å²) in [6.45, 7) is 6.41. The van der Waals surface area contributed by atoms with Crippen molar-refractivity contribution in [2.45, 2.75) is 63.7 Å². The molecule has 15 nitrogen and oxygen atoms in total. The van der Waals surface area contributed by atoms with Gasteiger partial charge in [0.05, 0.1) is 52.5 Å². The molecule has 4 rings (SSSR count). The van der Waals surface area contributed by atoms with Crippen molar-refractivity contribution in [1.29, 1.82) is 0 Å². The van der Waals surface area contributed by atoms with Crippen molar-refractivity contribution in [3.8, 4) is 11.6 Å². The fourth-order valence-electron chi connectivity index (χ4n) is 6.02. The number of nitro groups is 1. The highest BCUT2D eigenvalue weighted by atomic mass is 35.5. The number of nitrogens with two attached hydrogens (primary N) is 1. The van der Waals surface area contributed by atoms with Crippen molar-refractivity contribution in [3.05, 3.63) is 110 Å². The molecule has 0 saturated carbocycles. The van der Waals surface area contributed by atoms with Crippen LogP contribution < -0.4 is 21.5 Å². The highest BCUT2D eigenvalue weighted by Gasteiger charge is 2.35. The molecule has 0 aliphatic carbocycles. The first-order valence-electron chi connectivity index (χ1n) is 16.8. The average molecular weight is 773 g/mol. The summed E-state index contributed by atoms with van der Waals surface area (Å²) in [6, 6.07) is 14.6. The number of aliphatic hydroxyl groups is 1. The van der Waals surface area contributed by atoms with Crippen molar-refractivity contribution in [3.63, 3.8) is 0 Å². The van der Waals surface area contributed by atoms with E-state index in [2.05, 4.69) is 5.32 Å². The maximum Gasteiger partial charge on any atom is 0.332 e. The van der Waals surface area contributed by atoms with Crippen LogP contribution in [0, 0.1) is 22.0 Å². The highest BCUT2D eigenvalue weighted by molar-refractivity contribution is 7.89. The topological polar surface area (TPSA) is 212 Å². The van der Waals surface area contributed by atoms with Crippen molar-refractivity contribution >= 4 is 38.9 Å². The summed E-state index contributed by atoms with van der Waals surface area (Å²) in [5, 5.41) is 37.1. The standard InChI is InChI=1S/C36H45ClN6O9S/c1-22(2)18-40(53(50,51)27-12-13-28(37)29(38)17-27)20-31(44)30(15-24-9-7-6-8-10-24)39-35(46)34(23(3)4)42-21-33(45)41(36(42)47)19-25-16-26(43(48)49)11-14-32(25)52-5/h6-14,16-17,21-23,30-31,34,44-45H,15,18-20,38H2,1-5H3,(H,39,46)/t30-,31+,34-/m0/s1. The van der Waals surface area contributed by atoms with Gasteiger partial charge in [0.2, 0.25) is 21.8 Å². The van der Waals surface area contributed by atoms with Gasteiger partial charge >= 0.3 is 5.69 Å². The van der Waals surface area contributed by atoms with E-state index in [0.29, 0.717) is 0 Å². The lowest BCUT2D eigenvalue weighted by Crippen LogP contribution is -2.53. The van der Waals surface area contributed by atoms with Gasteiger partial charge < -0.3 is 26.0 Å². The minimum atomic E-state index is -4.18. The Labute approximate surface area is 312 Å². The zero-order valence-corrected chi connectivity index (χ0v) is 31.6. The molecule has 0 aliphatic heterocycles. The third kappa shape index (κ3) is 9.75. The summed E-state index contributed by atoms with van der Waals surface area (Å²) in [5.41, 5.74) is 5.96.